The van der Waals surface area contributed by atoms with Crippen molar-refractivity contribution in [3.63, 3.8) is 0 Å². The lowest BCUT2D eigenvalue weighted by molar-refractivity contribution is -0.145. The number of ether oxygens (including phenoxy) is 1. The van der Waals surface area contributed by atoms with E-state index >= 15 is 0 Å². The van der Waals surface area contributed by atoms with Crippen LogP contribution in [0.2, 0.25) is 0 Å². The topological polar surface area (TPSA) is 92.9 Å². The first-order chi connectivity index (χ1) is 8.01. The Balaban J connectivity index is 4.25. The summed E-state index contributed by atoms with van der Waals surface area (Å²) < 4.78 is 4.84. The SMILES string of the molecule is CCCC(N)CC(=O)N(CCOC)CC(=O)O. The summed E-state index contributed by atoms with van der Waals surface area (Å²) in [5.41, 5.74) is 5.76. The molecule has 0 saturated carbocycles. The molecule has 1 amide bonds. The van der Waals surface area contributed by atoms with E-state index in [9.17, 15) is 9.59 Å². The van der Waals surface area contributed by atoms with Crippen LogP contribution in [0.1, 0.15) is 26.2 Å². The van der Waals surface area contributed by atoms with Gasteiger partial charge in [-0.05, 0) is 6.42 Å². The molecule has 0 saturated heterocycles. The summed E-state index contributed by atoms with van der Waals surface area (Å²) >= 11 is 0. The largest absolute Gasteiger partial charge is 0.480 e. The Hall–Kier alpha value is -1.14. The highest BCUT2D eigenvalue weighted by Gasteiger charge is 2.18. The molecule has 0 fully saturated rings. The predicted molar refractivity (Wildman–Crippen MR) is 63.6 cm³/mol. The number of carboxylic acid groups (broad SMARTS) is 1. The smallest absolute Gasteiger partial charge is 0.323 e. The zero-order chi connectivity index (χ0) is 13.3. The van der Waals surface area contributed by atoms with E-state index in [1.807, 2.05) is 6.92 Å². The van der Waals surface area contributed by atoms with Crippen LogP contribution in [0.3, 0.4) is 0 Å². The summed E-state index contributed by atoms with van der Waals surface area (Å²) in [5, 5.41) is 8.70. The molecule has 3 N–H and O–H groups in total. The van der Waals surface area contributed by atoms with Crippen LogP contribution in [-0.4, -0.2) is 54.7 Å². The number of rotatable bonds is 9. The molecular weight excluding hydrogens is 224 g/mol. The van der Waals surface area contributed by atoms with Gasteiger partial charge in [-0.15, -0.1) is 0 Å². The van der Waals surface area contributed by atoms with Crippen molar-refractivity contribution < 1.29 is 19.4 Å². The molecule has 0 heterocycles. The van der Waals surface area contributed by atoms with Crippen molar-refractivity contribution in [1.82, 2.24) is 4.90 Å². The van der Waals surface area contributed by atoms with Crippen molar-refractivity contribution in [3.05, 3.63) is 0 Å². The molecule has 1 unspecified atom stereocenters. The molecule has 17 heavy (non-hydrogen) atoms. The molecule has 0 aromatic heterocycles. The molecule has 0 radical (unpaired) electrons. The van der Waals surface area contributed by atoms with Gasteiger partial charge in [-0.2, -0.15) is 0 Å². The van der Waals surface area contributed by atoms with Crippen molar-refractivity contribution in [2.75, 3.05) is 26.8 Å². The van der Waals surface area contributed by atoms with Crippen LogP contribution in [0.15, 0.2) is 0 Å². The second-order valence-electron chi connectivity index (χ2n) is 3.95. The average molecular weight is 246 g/mol. The van der Waals surface area contributed by atoms with E-state index in [1.165, 1.54) is 12.0 Å². The summed E-state index contributed by atoms with van der Waals surface area (Å²) in [7, 11) is 1.51. The number of methoxy groups -OCH3 is 1. The van der Waals surface area contributed by atoms with Crippen LogP contribution in [0.4, 0.5) is 0 Å². The summed E-state index contributed by atoms with van der Waals surface area (Å²) in [6, 6.07) is -0.202. The molecule has 0 bridgehead atoms. The Bertz CT molecular complexity index is 246. The number of carboxylic acids is 1. The molecular formula is C11H22N2O4. The van der Waals surface area contributed by atoms with Crippen LogP contribution in [0.5, 0.6) is 0 Å². The van der Waals surface area contributed by atoms with Crippen molar-refractivity contribution in [1.29, 1.82) is 0 Å². The molecule has 6 nitrogen and oxygen atoms in total. The van der Waals surface area contributed by atoms with Gasteiger partial charge in [0.1, 0.15) is 6.54 Å². The Morgan fingerprint density at radius 1 is 1.47 bits per heavy atom. The average Bonchev–Trinajstić information content (AvgIpc) is 2.23. The van der Waals surface area contributed by atoms with E-state index < -0.39 is 5.97 Å². The van der Waals surface area contributed by atoms with Crippen molar-refractivity contribution in [2.24, 2.45) is 5.73 Å². The van der Waals surface area contributed by atoms with Gasteiger partial charge in [-0.3, -0.25) is 9.59 Å². The molecule has 0 aromatic rings. The standard InChI is InChI=1S/C11H22N2O4/c1-3-4-9(12)7-10(14)13(5-6-17-2)8-11(15)16/h9H,3-8,12H2,1-2H3,(H,15,16). The molecule has 0 aliphatic carbocycles. The predicted octanol–water partition coefficient (Wildman–Crippen LogP) is 0.0635. The van der Waals surface area contributed by atoms with Gasteiger partial charge < -0.3 is 20.5 Å². The van der Waals surface area contributed by atoms with E-state index in [4.69, 9.17) is 15.6 Å². The van der Waals surface area contributed by atoms with Gasteiger partial charge in [0.15, 0.2) is 0 Å². The first-order valence-electron chi connectivity index (χ1n) is 5.75. The van der Waals surface area contributed by atoms with Gasteiger partial charge in [0.2, 0.25) is 5.91 Å². The van der Waals surface area contributed by atoms with Crippen molar-refractivity contribution in [3.8, 4) is 0 Å². The number of amides is 1. The maximum absolute atomic E-state index is 11.8. The number of nitrogens with two attached hydrogens (primary N) is 1. The first-order valence-corrected chi connectivity index (χ1v) is 5.75. The third-order valence-electron chi connectivity index (χ3n) is 2.34. The molecule has 0 aliphatic rings. The fourth-order valence-corrected chi connectivity index (χ4v) is 1.48. The van der Waals surface area contributed by atoms with Crippen LogP contribution >= 0.6 is 0 Å². The minimum Gasteiger partial charge on any atom is -0.480 e. The minimum atomic E-state index is -1.03. The Morgan fingerprint density at radius 2 is 2.12 bits per heavy atom. The van der Waals surface area contributed by atoms with Gasteiger partial charge in [0.05, 0.1) is 6.61 Å². The number of carbonyl (C=O) groups excluding carboxylic acids is 1. The molecule has 0 aromatic carbocycles. The number of aliphatic carboxylic acids is 1. The van der Waals surface area contributed by atoms with Crippen LogP contribution in [-0.2, 0) is 14.3 Å². The summed E-state index contributed by atoms with van der Waals surface area (Å²) in [6.45, 7) is 2.29. The van der Waals surface area contributed by atoms with Crippen molar-refractivity contribution >= 4 is 11.9 Å². The third-order valence-corrected chi connectivity index (χ3v) is 2.34. The molecule has 0 rings (SSSR count). The maximum Gasteiger partial charge on any atom is 0.323 e. The van der Waals surface area contributed by atoms with E-state index in [-0.39, 0.29) is 31.5 Å². The fraction of sp³-hybridized carbons (Fsp3) is 0.818. The zero-order valence-corrected chi connectivity index (χ0v) is 10.5. The van der Waals surface area contributed by atoms with Crippen LogP contribution < -0.4 is 5.73 Å². The highest BCUT2D eigenvalue weighted by atomic mass is 16.5. The first kappa shape index (κ1) is 15.9. The van der Waals surface area contributed by atoms with Gasteiger partial charge >= 0.3 is 5.97 Å². The third kappa shape index (κ3) is 7.70. The highest BCUT2D eigenvalue weighted by molar-refractivity contribution is 5.81. The Morgan fingerprint density at radius 3 is 2.59 bits per heavy atom. The Kier molecular flexibility index (Phi) is 8.35. The fourth-order valence-electron chi connectivity index (χ4n) is 1.48. The quantitative estimate of drug-likeness (QED) is 0.600. The molecule has 0 spiro atoms. The van der Waals surface area contributed by atoms with Crippen molar-refractivity contribution in [2.45, 2.75) is 32.2 Å². The van der Waals surface area contributed by atoms with Crippen LogP contribution in [0, 0.1) is 0 Å². The number of carbonyl (C=O) groups is 2. The monoisotopic (exact) mass is 246 g/mol. The summed E-state index contributed by atoms with van der Waals surface area (Å²) in [4.78, 5) is 23.7. The zero-order valence-electron chi connectivity index (χ0n) is 10.5. The van der Waals surface area contributed by atoms with Gasteiger partial charge in [-0.25, -0.2) is 0 Å². The Labute approximate surface area is 102 Å². The lowest BCUT2D eigenvalue weighted by Gasteiger charge is -2.22. The van der Waals surface area contributed by atoms with Gasteiger partial charge in [0.25, 0.3) is 0 Å². The van der Waals surface area contributed by atoms with E-state index in [0.29, 0.717) is 6.61 Å². The lowest BCUT2D eigenvalue weighted by Crippen LogP contribution is -2.40. The number of hydrogen-bond donors (Lipinski definition) is 2. The number of nitrogens with zero attached hydrogens (tertiary/aromatic N) is 1. The summed E-state index contributed by atoms with van der Waals surface area (Å²) in [5.74, 6) is -1.26. The van der Waals surface area contributed by atoms with Gasteiger partial charge in [-0.1, -0.05) is 13.3 Å². The van der Waals surface area contributed by atoms with E-state index in [2.05, 4.69) is 0 Å². The molecule has 0 aliphatic heterocycles. The second-order valence-corrected chi connectivity index (χ2v) is 3.95. The molecule has 6 heteroatoms. The van der Waals surface area contributed by atoms with Crippen LogP contribution in [0.25, 0.3) is 0 Å². The lowest BCUT2D eigenvalue weighted by atomic mass is 10.1. The molecule has 1 atom stereocenters. The summed E-state index contributed by atoms with van der Waals surface area (Å²) in [6.07, 6.45) is 1.85. The molecule has 100 valence electrons. The highest BCUT2D eigenvalue weighted by Crippen LogP contribution is 2.03. The number of hydrogen-bond acceptors (Lipinski definition) is 4. The second kappa shape index (κ2) is 8.95. The normalized spacial score (nSPS) is 12.2. The van der Waals surface area contributed by atoms with Gasteiger partial charge in [0, 0.05) is 26.1 Å². The minimum absolute atomic E-state index is 0.185. The van der Waals surface area contributed by atoms with E-state index in [0.717, 1.165) is 12.8 Å². The van der Waals surface area contributed by atoms with E-state index in [1.54, 1.807) is 0 Å². The maximum atomic E-state index is 11.8.